The number of aliphatic hydroxyl groups excluding tert-OH is 4. The summed E-state index contributed by atoms with van der Waals surface area (Å²) in [5, 5.41) is 40.1. The summed E-state index contributed by atoms with van der Waals surface area (Å²) in [6.07, 6.45) is -0.352. The Morgan fingerprint density at radius 1 is 0.818 bits per heavy atom. The Morgan fingerprint density at radius 3 is 1.94 bits per heavy atom. The first kappa shape index (κ1) is 29.7. The monoisotopic (exact) mass is 478 g/mol. The fraction of sp³-hybridized carbons (Fsp3) is 0.913. The molecule has 1 aliphatic rings. The van der Waals surface area contributed by atoms with Crippen molar-refractivity contribution in [2.75, 3.05) is 19.8 Å². The first-order valence-corrected chi connectivity index (χ1v) is 12.1. The van der Waals surface area contributed by atoms with Gasteiger partial charge in [-0.3, -0.25) is 9.59 Å². The van der Waals surface area contributed by atoms with Crippen LogP contribution in [0.15, 0.2) is 0 Å². The summed E-state index contributed by atoms with van der Waals surface area (Å²) in [5.74, 6) is -0.864. The predicted octanol–water partition coefficient (Wildman–Crippen LogP) is 1.20. The molecule has 33 heavy (non-hydrogen) atoms. The summed E-state index contributed by atoms with van der Waals surface area (Å²) in [6, 6.07) is 0. The summed E-state index contributed by atoms with van der Waals surface area (Å²) in [4.78, 5) is 23.7. The zero-order valence-electron chi connectivity index (χ0n) is 19.9. The average Bonchev–Trinajstić information content (AvgIpc) is 2.81. The van der Waals surface area contributed by atoms with Crippen molar-refractivity contribution in [1.82, 2.24) is 0 Å². The lowest BCUT2D eigenvalue weighted by molar-refractivity contribution is -0.315. The van der Waals surface area contributed by atoms with Crippen LogP contribution in [-0.2, 0) is 28.5 Å². The van der Waals surface area contributed by atoms with Crippen molar-refractivity contribution >= 4 is 11.9 Å². The molecule has 4 N–H and O–H groups in total. The van der Waals surface area contributed by atoms with Crippen LogP contribution in [0.2, 0.25) is 0 Å². The smallest absolute Gasteiger partial charge is 0.305 e. The number of hydrogen-bond donors (Lipinski definition) is 4. The van der Waals surface area contributed by atoms with Crippen LogP contribution in [0.25, 0.3) is 0 Å². The first-order chi connectivity index (χ1) is 15.8. The summed E-state index contributed by atoms with van der Waals surface area (Å²) in [5.41, 5.74) is 0. The van der Waals surface area contributed by atoms with Crippen molar-refractivity contribution in [3.8, 4) is 0 Å². The van der Waals surface area contributed by atoms with Crippen LogP contribution >= 0.6 is 0 Å². The number of esters is 2. The molecule has 0 amide bonds. The topological polar surface area (TPSA) is 152 Å². The number of carbonyl (C=O) groups excluding carboxylic acids is 2. The Bertz CT molecular complexity index is 541. The Morgan fingerprint density at radius 2 is 1.39 bits per heavy atom. The van der Waals surface area contributed by atoms with Crippen molar-refractivity contribution in [1.29, 1.82) is 0 Å². The fourth-order valence-corrected chi connectivity index (χ4v) is 3.39. The zero-order chi connectivity index (χ0) is 24.6. The van der Waals surface area contributed by atoms with Gasteiger partial charge in [0.1, 0.15) is 43.7 Å². The molecule has 6 atom stereocenters. The maximum absolute atomic E-state index is 11.9. The maximum Gasteiger partial charge on any atom is 0.305 e. The molecule has 1 aliphatic heterocycles. The van der Waals surface area contributed by atoms with Gasteiger partial charge in [-0.25, -0.2) is 0 Å². The highest BCUT2D eigenvalue weighted by Crippen LogP contribution is 2.24. The second kappa shape index (κ2) is 17.2. The van der Waals surface area contributed by atoms with Gasteiger partial charge in [0, 0.05) is 12.8 Å². The molecule has 0 unspecified atom stereocenters. The first-order valence-electron chi connectivity index (χ1n) is 12.1. The highest BCUT2D eigenvalue weighted by molar-refractivity contribution is 5.69. The van der Waals surface area contributed by atoms with E-state index in [9.17, 15) is 30.0 Å². The van der Waals surface area contributed by atoms with E-state index in [1.807, 2.05) is 0 Å². The SMILES string of the molecule is CCCCCCC(=O)OC[C@H](CO)O[C@@H]1O[C@H](COC(=O)CCCCCC)[C@H](O)[C@H](O)[C@H]1O. The van der Waals surface area contributed by atoms with Crippen LogP contribution in [0.3, 0.4) is 0 Å². The molecule has 0 saturated carbocycles. The second-order valence-corrected chi connectivity index (χ2v) is 8.44. The van der Waals surface area contributed by atoms with Gasteiger partial charge >= 0.3 is 11.9 Å². The molecule has 0 radical (unpaired) electrons. The van der Waals surface area contributed by atoms with Crippen molar-refractivity contribution in [3.05, 3.63) is 0 Å². The molecular weight excluding hydrogens is 436 g/mol. The van der Waals surface area contributed by atoms with E-state index in [0.29, 0.717) is 12.8 Å². The van der Waals surface area contributed by atoms with Gasteiger partial charge < -0.3 is 39.4 Å². The molecule has 1 saturated heterocycles. The molecule has 0 aromatic heterocycles. The molecule has 0 spiro atoms. The van der Waals surface area contributed by atoms with E-state index in [2.05, 4.69) is 13.8 Å². The third kappa shape index (κ3) is 11.6. The molecule has 194 valence electrons. The standard InChI is InChI=1S/C23H42O10/c1-3-5-7-9-11-18(25)30-14-16(13-24)32-23-22(29)21(28)20(27)17(33-23)15-31-19(26)12-10-8-6-4-2/h16-17,20-24,27-29H,3-15H2,1-2H3/t16-,17+,20-,21-,22+,23+/m0/s1. The van der Waals surface area contributed by atoms with Gasteiger partial charge in [0.05, 0.1) is 6.61 Å². The number of aliphatic hydroxyl groups is 4. The van der Waals surface area contributed by atoms with Gasteiger partial charge in [-0.15, -0.1) is 0 Å². The minimum Gasteiger partial charge on any atom is -0.463 e. The molecule has 1 heterocycles. The van der Waals surface area contributed by atoms with E-state index in [-0.39, 0.29) is 26.1 Å². The van der Waals surface area contributed by atoms with Gasteiger partial charge in [0.2, 0.25) is 0 Å². The van der Waals surface area contributed by atoms with Crippen LogP contribution in [0.1, 0.15) is 78.1 Å². The lowest BCUT2D eigenvalue weighted by Gasteiger charge is -2.40. The molecule has 1 fully saturated rings. The van der Waals surface area contributed by atoms with Gasteiger partial charge in [-0.1, -0.05) is 52.4 Å². The minimum absolute atomic E-state index is 0.240. The summed E-state index contributed by atoms with van der Waals surface area (Å²) in [7, 11) is 0. The molecule has 10 nitrogen and oxygen atoms in total. The van der Waals surface area contributed by atoms with Gasteiger partial charge in [0.25, 0.3) is 0 Å². The Hall–Kier alpha value is -1.30. The van der Waals surface area contributed by atoms with Crippen molar-refractivity contribution in [3.63, 3.8) is 0 Å². The summed E-state index contributed by atoms with van der Waals surface area (Å²) < 4.78 is 21.2. The second-order valence-electron chi connectivity index (χ2n) is 8.44. The maximum atomic E-state index is 11.9. The molecule has 0 aliphatic carbocycles. The van der Waals surface area contributed by atoms with Gasteiger partial charge in [-0.05, 0) is 12.8 Å². The van der Waals surface area contributed by atoms with Gasteiger partial charge in [-0.2, -0.15) is 0 Å². The largest absolute Gasteiger partial charge is 0.463 e. The Labute approximate surface area is 196 Å². The molecule has 0 bridgehead atoms. The van der Waals surface area contributed by atoms with Crippen molar-refractivity contribution in [2.45, 2.75) is 115 Å². The minimum atomic E-state index is -1.61. The highest BCUT2D eigenvalue weighted by Gasteiger charge is 2.45. The highest BCUT2D eigenvalue weighted by atomic mass is 16.7. The molecule has 0 aromatic rings. The summed E-state index contributed by atoms with van der Waals surface area (Å²) in [6.45, 7) is 3.03. The Balaban J connectivity index is 2.50. The normalized spacial score (nSPS) is 26.1. The van der Waals surface area contributed by atoms with Crippen LogP contribution in [0.5, 0.6) is 0 Å². The van der Waals surface area contributed by atoms with E-state index in [1.165, 1.54) is 0 Å². The molecule has 1 rings (SSSR count). The van der Waals surface area contributed by atoms with Crippen molar-refractivity contribution in [2.24, 2.45) is 0 Å². The number of rotatable bonds is 17. The van der Waals surface area contributed by atoms with E-state index >= 15 is 0 Å². The molecule has 10 heteroatoms. The van der Waals surface area contributed by atoms with Crippen LogP contribution < -0.4 is 0 Å². The lowest BCUT2D eigenvalue weighted by Crippen LogP contribution is -2.60. The van der Waals surface area contributed by atoms with E-state index < -0.39 is 55.4 Å². The Kier molecular flexibility index (Phi) is 15.5. The third-order valence-corrected chi connectivity index (χ3v) is 5.51. The average molecular weight is 479 g/mol. The number of hydrogen-bond acceptors (Lipinski definition) is 10. The summed E-state index contributed by atoms with van der Waals surface area (Å²) >= 11 is 0. The predicted molar refractivity (Wildman–Crippen MR) is 118 cm³/mol. The van der Waals surface area contributed by atoms with Crippen LogP contribution in [-0.4, -0.2) is 89.0 Å². The van der Waals surface area contributed by atoms with Crippen LogP contribution in [0.4, 0.5) is 0 Å². The molecule has 0 aromatic carbocycles. The quantitative estimate of drug-likeness (QED) is 0.177. The van der Waals surface area contributed by atoms with E-state index in [0.717, 1.165) is 38.5 Å². The lowest BCUT2D eigenvalue weighted by atomic mass is 9.99. The number of unbranched alkanes of at least 4 members (excludes halogenated alkanes) is 6. The van der Waals surface area contributed by atoms with Gasteiger partial charge in [0.15, 0.2) is 6.29 Å². The fourth-order valence-electron chi connectivity index (χ4n) is 3.39. The van der Waals surface area contributed by atoms with E-state index in [4.69, 9.17) is 18.9 Å². The van der Waals surface area contributed by atoms with Crippen molar-refractivity contribution < 1.29 is 49.0 Å². The number of carbonyl (C=O) groups is 2. The zero-order valence-corrected chi connectivity index (χ0v) is 19.9. The van der Waals surface area contributed by atoms with E-state index in [1.54, 1.807) is 0 Å². The van der Waals surface area contributed by atoms with Crippen LogP contribution in [0, 0.1) is 0 Å². The number of ether oxygens (including phenoxy) is 4. The molecular formula is C23H42O10. The third-order valence-electron chi connectivity index (χ3n) is 5.51.